The van der Waals surface area contributed by atoms with Gasteiger partial charge in [0.1, 0.15) is 0 Å². The van der Waals surface area contributed by atoms with Crippen LogP contribution in [0.25, 0.3) is 11.4 Å². The van der Waals surface area contributed by atoms with Crippen molar-refractivity contribution in [1.82, 2.24) is 10.1 Å². The number of amides is 1. The van der Waals surface area contributed by atoms with Crippen molar-refractivity contribution in [2.75, 3.05) is 5.32 Å². The van der Waals surface area contributed by atoms with Crippen LogP contribution in [0.4, 0.5) is 5.69 Å². The summed E-state index contributed by atoms with van der Waals surface area (Å²) in [5.74, 6) is 0.806. The average Bonchev–Trinajstić information content (AvgIpc) is 3.18. The molecule has 0 saturated heterocycles. The summed E-state index contributed by atoms with van der Waals surface area (Å²) in [5.41, 5.74) is 1.83. The molecule has 7 heteroatoms. The number of Topliss-reactive ketones (excluding diaryl/α,β-unsaturated/α-hetero) is 1. The van der Waals surface area contributed by atoms with Gasteiger partial charge in [0.2, 0.25) is 17.6 Å². The van der Waals surface area contributed by atoms with Crippen molar-refractivity contribution < 1.29 is 14.1 Å². The van der Waals surface area contributed by atoms with Crippen LogP contribution in [-0.2, 0) is 10.2 Å². The zero-order chi connectivity index (χ0) is 21.0. The van der Waals surface area contributed by atoms with E-state index in [0.29, 0.717) is 23.0 Å². The van der Waals surface area contributed by atoms with E-state index >= 15 is 0 Å². The summed E-state index contributed by atoms with van der Waals surface area (Å²) in [6, 6.07) is 14.3. The Balaban J connectivity index is 1.55. The molecule has 0 bridgehead atoms. The quantitative estimate of drug-likeness (QED) is 0.502. The SMILES string of the molecule is CC(C)(C)c1nc(-c2ccc(NC(=O)CCC(=O)c3ccc(Br)cc3)cc2)no1. The fourth-order valence-electron chi connectivity index (χ4n) is 2.58. The average molecular weight is 456 g/mol. The van der Waals surface area contributed by atoms with E-state index in [1.165, 1.54) is 0 Å². The Labute approximate surface area is 177 Å². The fraction of sp³-hybridized carbons (Fsp3) is 0.273. The van der Waals surface area contributed by atoms with Crippen molar-refractivity contribution in [1.29, 1.82) is 0 Å². The lowest BCUT2D eigenvalue weighted by Gasteiger charge is -2.10. The van der Waals surface area contributed by atoms with Crippen molar-refractivity contribution in [3.63, 3.8) is 0 Å². The summed E-state index contributed by atoms with van der Waals surface area (Å²) < 4.78 is 6.22. The molecule has 1 amide bonds. The summed E-state index contributed by atoms with van der Waals surface area (Å²) in [5, 5.41) is 6.82. The first-order valence-electron chi connectivity index (χ1n) is 9.25. The Morgan fingerprint density at radius 2 is 1.66 bits per heavy atom. The van der Waals surface area contributed by atoms with Crippen LogP contribution in [0.3, 0.4) is 0 Å². The predicted molar refractivity (Wildman–Crippen MR) is 115 cm³/mol. The second kappa shape index (κ2) is 8.69. The number of anilines is 1. The number of hydrogen-bond donors (Lipinski definition) is 1. The van der Waals surface area contributed by atoms with Gasteiger partial charge in [0.05, 0.1) is 0 Å². The van der Waals surface area contributed by atoms with E-state index in [1.807, 2.05) is 45.0 Å². The molecular weight excluding hydrogens is 434 g/mol. The summed E-state index contributed by atoms with van der Waals surface area (Å²) in [6.07, 6.45) is 0.278. The highest BCUT2D eigenvalue weighted by Crippen LogP contribution is 2.24. The Kier molecular flexibility index (Phi) is 6.27. The maximum Gasteiger partial charge on any atom is 0.232 e. The number of nitrogens with one attached hydrogen (secondary N) is 1. The number of rotatable bonds is 6. The molecule has 0 aliphatic carbocycles. The van der Waals surface area contributed by atoms with Crippen molar-refractivity contribution >= 4 is 33.3 Å². The van der Waals surface area contributed by atoms with E-state index in [1.54, 1.807) is 24.3 Å². The van der Waals surface area contributed by atoms with Crippen molar-refractivity contribution in [2.45, 2.75) is 39.0 Å². The zero-order valence-electron chi connectivity index (χ0n) is 16.5. The number of halogens is 1. The lowest BCUT2D eigenvalue weighted by Crippen LogP contribution is -2.13. The fourth-order valence-corrected chi connectivity index (χ4v) is 2.84. The maximum atomic E-state index is 12.2. The molecule has 1 N–H and O–H groups in total. The number of hydrogen-bond acceptors (Lipinski definition) is 5. The third-order valence-corrected chi connectivity index (χ3v) is 4.77. The van der Waals surface area contributed by atoms with Crippen LogP contribution in [0, 0.1) is 0 Å². The number of ketones is 1. The number of aromatic nitrogens is 2. The Bertz CT molecular complexity index is 1000. The van der Waals surface area contributed by atoms with Gasteiger partial charge in [-0.2, -0.15) is 4.98 Å². The third-order valence-electron chi connectivity index (χ3n) is 4.24. The van der Waals surface area contributed by atoms with Crippen LogP contribution in [0.2, 0.25) is 0 Å². The number of carbonyl (C=O) groups excluding carboxylic acids is 2. The Morgan fingerprint density at radius 3 is 2.24 bits per heavy atom. The van der Waals surface area contributed by atoms with E-state index < -0.39 is 0 Å². The molecule has 3 rings (SSSR count). The minimum Gasteiger partial charge on any atom is -0.338 e. The standard InChI is InChI=1S/C22H22BrN3O3/c1-22(2,3)21-25-20(26-29-21)15-6-10-17(11-7-15)24-19(28)13-12-18(27)14-4-8-16(23)9-5-14/h4-11H,12-13H2,1-3H3,(H,24,28). The molecule has 6 nitrogen and oxygen atoms in total. The molecule has 0 spiro atoms. The molecular formula is C22H22BrN3O3. The maximum absolute atomic E-state index is 12.2. The van der Waals surface area contributed by atoms with Crippen LogP contribution in [-0.4, -0.2) is 21.8 Å². The molecule has 29 heavy (non-hydrogen) atoms. The van der Waals surface area contributed by atoms with Crippen LogP contribution in [0.15, 0.2) is 57.5 Å². The lowest BCUT2D eigenvalue weighted by molar-refractivity contribution is -0.116. The summed E-state index contributed by atoms with van der Waals surface area (Å²) in [4.78, 5) is 28.7. The second-order valence-electron chi connectivity index (χ2n) is 7.73. The minimum absolute atomic E-state index is 0.0604. The highest BCUT2D eigenvalue weighted by Gasteiger charge is 2.22. The van der Waals surface area contributed by atoms with Gasteiger partial charge in [0, 0.05) is 39.5 Å². The number of benzene rings is 2. The molecule has 1 heterocycles. The van der Waals surface area contributed by atoms with Gasteiger partial charge in [0.15, 0.2) is 5.78 Å². The highest BCUT2D eigenvalue weighted by atomic mass is 79.9. The first-order valence-corrected chi connectivity index (χ1v) is 10.0. The van der Waals surface area contributed by atoms with Gasteiger partial charge in [-0.15, -0.1) is 0 Å². The van der Waals surface area contributed by atoms with Crippen LogP contribution >= 0.6 is 15.9 Å². The first-order chi connectivity index (χ1) is 13.7. The van der Waals surface area contributed by atoms with Gasteiger partial charge in [-0.05, 0) is 36.4 Å². The molecule has 0 atom stereocenters. The van der Waals surface area contributed by atoms with Gasteiger partial charge < -0.3 is 9.84 Å². The molecule has 3 aromatic rings. The monoisotopic (exact) mass is 455 g/mol. The topological polar surface area (TPSA) is 85.1 Å². The van der Waals surface area contributed by atoms with Crippen LogP contribution in [0.1, 0.15) is 49.9 Å². The van der Waals surface area contributed by atoms with Gasteiger partial charge in [-0.3, -0.25) is 9.59 Å². The van der Waals surface area contributed by atoms with Crippen LogP contribution in [0.5, 0.6) is 0 Å². The molecule has 2 aromatic carbocycles. The molecule has 0 aliphatic rings. The van der Waals surface area contributed by atoms with Crippen molar-refractivity contribution in [3.8, 4) is 11.4 Å². The normalized spacial score (nSPS) is 11.3. The second-order valence-corrected chi connectivity index (χ2v) is 8.64. The van der Waals surface area contributed by atoms with E-state index in [4.69, 9.17) is 4.52 Å². The minimum atomic E-state index is -0.215. The summed E-state index contributed by atoms with van der Waals surface area (Å²) in [7, 11) is 0. The van der Waals surface area contributed by atoms with E-state index in [0.717, 1.165) is 10.0 Å². The number of carbonyl (C=O) groups is 2. The zero-order valence-corrected chi connectivity index (χ0v) is 18.1. The largest absolute Gasteiger partial charge is 0.338 e. The Hall–Kier alpha value is -2.80. The van der Waals surface area contributed by atoms with Crippen LogP contribution < -0.4 is 5.32 Å². The predicted octanol–water partition coefficient (Wildman–Crippen LogP) is 5.40. The van der Waals surface area contributed by atoms with Gasteiger partial charge in [-0.1, -0.05) is 54.0 Å². The molecule has 0 fully saturated rings. The lowest BCUT2D eigenvalue weighted by atomic mass is 9.97. The number of nitrogens with zero attached hydrogens (tertiary/aromatic N) is 2. The first kappa shape index (κ1) is 20.9. The Morgan fingerprint density at radius 1 is 1.00 bits per heavy atom. The van der Waals surface area contributed by atoms with Gasteiger partial charge in [0.25, 0.3) is 0 Å². The van der Waals surface area contributed by atoms with Crippen molar-refractivity contribution in [2.24, 2.45) is 0 Å². The summed E-state index contributed by atoms with van der Waals surface area (Å²) >= 11 is 3.34. The molecule has 150 valence electrons. The molecule has 0 aliphatic heterocycles. The summed E-state index contributed by atoms with van der Waals surface area (Å²) in [6.45, 7) is 6.01. The smallest absolute Gasteiger partial charge is 0.232 e. The van der Waals surface area contributed by atoms with E-state index in [2.05, 4.69) is 31.4 Å². The third kappa shape index (κ3) is 5.60. The van der Waals surface area contributed by atoms with Gasteiger partial charge >= 0.3 is 0 Å². The molecule has 0 unspecified atom stereocenters. The molecule has 0 radical (unpaired) electrons. The van der Waals surface area contributed by atoms with E-state index in [-0.39, 0.29) is 29.9 Å². The van der Waals surface area contributed by atoms with Gasteiger partial charge in [-0.25, -0.2) is 0 Å². The van der Waals surface area contributed by atoms with Crippen molar-refractivity contribution in [3.05, 3.63) is 64.5 Å². The molecule has 1 aromatic heterocycles. The molecule has 0 saturated carbocycles. The van der Waals surface area contributed by atoms with E-state index in [9.17, 15) is 9.59 Å². The highest BCUT2D eigenvalue weighted by molar-refractivity contribution is 9.10.